The standard InChI is InChI=1S/C22H22ClN5O3S/c1-27-8-10-28(11-9-27)21(31)15-4-7-17-18(12-15)32-22(25-17)26-19(29)13-24-20(30)14-2-5-16(23)6-3-14/h2-7,12H,8-11,13H2,1H3,(H,24,30)(H,25,26,29). The van der Waals surface area contributed by atoms with E-state index in [1.807, 2.05) is 18.0 Å². The molecule has 166 valence electrons. The summed E-state index contributed by atoms with van der Waals surface area (Å²) < 4.78 is 0.811. The van der Waals surface area contributed by atoms with E-state index in [0.717, 1.165) is 17.8 Å². The second kappa shape index (κ2) is 9.64. The molecule has 10 heteroatoms. The molecule has 1 aliphatic rings. The van der Waals surface area contributed by atoms with Crippen molar-refractivity contribution in [1.29, 1.82) is 0 Å². The van der Waals surface area contributed by atoms with Crippen molar-refractivity contribution in [2.75, 3.05) is 45.1 Å². The first-order valence-corrected chi connectivity index (χ1v) is 11.3. The van der Waals surface area contributed by atoms with E-state index in [-0.39, 0.29) is 24.3 Å². The van der Waals surface area contributed by atoms with E-state index >= 15 is 0 Å². The maximum absolute atomic E-state index is 12.8. The number of likely N-dealkylation sites (N-methyl/N-ethyl adjacent to an activating group) is 1. The number of carbonyl (C=O) groups is 3. The van der Waals surface area contributed by atoms with Gasteiger partial charge in [0.25, 0.3) is 11.8 Å². The first-order valence-electron chi connectivity index (χ1n) is 10.1. The topological polar surface area (TPSA) is 94.6 Å². The number of rotatable bonds is 5. The summed E-state index contributed by atoms with van der Waals surface area (Å²) >= 11 is 7.10. The van der Waals surface area contributed by atoms with Gasteiger partial charge in [0.1, 0.15) is 0 Å². The Kier molecular flexibility index (Phi) is 6.69. The first kappa shape index (κ1) is 22.2. The van der Waals surface area contributed by atoms with Crippen LogP contribution in [0.5, 0.6) is 0 Å². The summed E-state index contributed by atoms with van der Waals surface area (Å²) in [5.41, 5.74) is 1.73. The average molecular weight is 472 g/mol. The van der Waals surface area contributed by atoms with Crippen molar-refractivity contribution in [2.24, 2.45) is 0 Å². The third-order valence-electron chi connectivity index (χ3n) is 5.19. The summed E-state index contributed by atoms with van der Waals surface area (Å²) in [6.07, 6.45) is 0. The van der Waals surface area contributed by atoms with Crippen LogP contribution in [0.2, 0.25) is 5.02 Å². The lowest BCUT2D eigenvalue weighted by Gasteiger charge is -2.32. The van der Waals surface area contributed by atoms with Crippen molar-refractivity contribution in [3.05, 3.63) is 58.6 Å². The van der Waals surface area contributed by atoms with E-state index < -0.39 is 0 Å². The zero-order valence-electron chi connectivity index (χ0n) is 17.4. The Labute approximate surface area is 194 Å². The van der Waals surface area contributed by atoms with Crippen LogP contribution in [0.3, 0.4) is 0 Å². The van der Waals surface area contributed by atoms with Gasteiger partial charge in [0.05, 0.1) is 16.8 Å². The molecule has 1 saturated heterocycles. The van der Waals surface area contributed by atoms with E-state index in [1.165, 1.54) is 11.3 Å². The molecular weight excluding hydrogens is 450 g/mol. The molecule has 2 heterocycles. The molecule has 4 rings (SSSR count). The molecule has 32 heavy (non-hydrogen) atoms. The number of nitrogens with one attached hydrogen (secondary N) is 2. The van der Waals surface area contributed by atoms with Gasteiger partial charge in [-0.3, -0.25) is 14.4 Å². The molecule has 0 spiro atoms. The van der Waals surface area contributed by atoms with Crippen molar-refractivity contribution >= 4 is 56.0 Å². The number of nitrogens with zero attached hydrogens (tertiary/aromatic N) is 3. The summed E-state index contributed by atoms with van der Waals surface area (Å²) in [4.78, 5) is 45.6. The number of piperazine rings is 1. The van der Waals surface area contributed by atoms with E-state index in [1.54, 1.807) is 36.4 Å². The van der Waals surface area contributed by atoms with E-state index in [2.05, 4.69) is 20.5 Å². The van der Waals surface area contributed by atoms with Gasteiger partial charge in [-0.1, -0.05) is 22.9 Å². The number of carbonyl (C=O) groups excluding carboxylic acids is 3. The number of hydrogen-bond donors (Lipinski definition) is 2. The number of benzene rings is 2. The van der Waals surface area contributed by atoms with Crippen LogP contribution in [0.1, 0.15) is 20.7 Å². The van der Waals surface area contributed by atoms with Crippen LogP contribution in [-0.2, 0) is 4.79 Å². The van der Waals surface area contributed by atoms with Gasteiger partial charge in [-0.15, -0.1) is 0 Å². The molecule has 1 aliphatic heterocycles. The van der Waals surface area contributed by atoms with Gasteiger partial charge in [-0.25, -0.2) is 4.98 Å². The molecule has 1 aromatic heterocycles. The predicted octanol–water partition coefficient (Wildman–Crippen LogP) is 2.71. The van der Waals surface area contributed by atoms with Crippen molar-refractivity contribution in [2.45, 2.75) is 0 Å². The molecular formula is C22H22ClN5O3S. The van der Waals surface area contributed by atoms with Crippen LogP contribution in [0.15, 0.2) is 42.5 Å². The van der Waals surface area contributed by atoms with Crippen LogP contribution in [0, 0.1) is 0 Å². The Morgan fingerprint density at radius 2 is 1.72 bits per heavy atom. The van der Waals surface area contributed by atoms with Crippen molar-refractivity contribution in [3.8, 4) is 0 Å². The highest BCUT2D eigenvalue weighted by molar-refractivity contribution is 7.22. The highest BCUT2D eigenvalue weighted by Crippen LogP contribution is 2.27. The predicted molar refractivity (Wildman–Crippen MR) is 125 cm³/mol. The minimum atomic E-state index is -0.389. The first-order chi connectivity index (χ1) is 15.4. The summed E-state index contributed by atoms with van der Waals surface area (Å²) in [5, 5.41) is 6.20. The summed E-state index contributed by atoms with van der Waals surface area (Å²) in [6, 6.07) is 11.8. The maximum Gasteiger partial charge on any atom is 0.253 e. The molecule has 0 atom stereocenters. The van der Waals surface area contributed by atoms with Crippen LogP contribution in [-0.4, -0.2) is 72.3 Å². The average Bonchev–Trinajstić information content (AvgIpc) is 3.19. The SMILES string of the molecule is CN1CCN(C(=O)c2ccc3nc(NC(=O)CNC(=O)c4ccc(Cl)cc4)sc3c2)CC1. The van der Waals surface area contributed by atoms with Gasteiger partial charge in [0, 0.05) is 42.3 Å². The monoisotopic (exact) mass is 471 g/mol. The highest BCUT2D eigenvalue weighted by atomic mass is 35.5. The molecule has 0 aliphatic carbocycles. The maximum atomic E-state index is 12.8. The molecule has 0 bridgehead atoms. The summed E-state index contributed by atoms with van der Waals surface area (Å²) in [5.74, 6) is -0.753. The van der Waals surface area contributed by atoms with E-state index in [4.69, 9.17) is 11.6 Å². The number of anilines is 1. The molecule has 8 nitrogen and oxygen atoms in total. The van der Waals surface area contributed by atoms with Gasteiger partial charge in [0.15, 0.2) is 5.13 Å². The molecule has 2 N–H and O–H groups in total. The molecule has 0 saturated carbocycles. The molecule has 0 radical (unpaired) electrons. The van der Waals surface area contributed by atoms with E-state index in [9.17, 15) is 14.4 Å². The smallest absolute Gasteiger partial charge is 0.253 e. The Bertz CT molecular complexity index is 1160. The normalized spacial score (nSPS) is 14.4. The summed E-state index contributed by atoms with van der Waals surface area (Å²) in [6.45, 7) is 2.95. The number of thiazole rings is 1. The quantitative estimate of drug-likeness (QED) is 0.596. The molecule has 3 aromatic rings. The van der Waals surface area contributed by atoms with Crippen molar-refractivity contribution < 1.29 is 14.4 Å². The van der Waals surface area contributed by atoms with Crippen LogP contribution in [0.4, 0.5) is 5.13 Å². The number of aromatic nitrogens is 1. The lowest BCUT2D eigenvalue weighted by atomic mass is 10.1. The van der Waals surface area contributed by atoms with Gasteiger partial charge in [-0.05, 0) is 49.5 Å². The fraction of sp³-hybridized carbons (Fsp3) is 0.273. The lowest BCUT2D eigenvalue weighted by Crippen LogP contribution is -2.47. The number of halogens is 1. The van der Waals surface area contributed by atoms with Crippen LogP contribution < -0.4 is 10.6 Å². The second-order valence-electron chi connectivity index (χ2n) is 7.53. The fourth-order valence-electron chi connectivity index (χ4n) is 3.33. The third-order valence-corrected chi connectivity index (χ3v) is 6.37. The largest absolute Gasteiger partial charge is 0.343 e. The zero-order valence-corrected chi connectivity index (χ0v) is 19.0. The zero-order chi connectivity index (χ0) is 22.7. The van der Waals surface area contributed by atoms with Gasteiger partial charge >= 0.3 is 0 Å². The van der Waals surface area contributed by atoms with Gasteiger partial charge in [0.2, 0.25) is 5.91 Å². The molecule has 2 aromatic carbocycles. The number of hydrogen-bond acceptors (Lipinski definition) is 6. The van der Waals surface area contributed by atoms with Gasteiger partial charge in [-0.2, -0.15) is 0 Å². The molecule has 1 fully saturated rings. The van der Waals surface area contributed by atoms with Crippen LogP contribution in [0.25, 0.3) is 10.2 Å². The fourth-order valence-corrected chi connectivity index (χ4v) is 4.38. The Morgan fingerprint density at radius 1 is 1.03 bits per heavy atom. The molecule has 0 unspecified atom stereocenters. The van der Waals surface area contributed by atoms with E-state index in [0.29, 0.717) is 39.9 Å². The minimum absolute atomic E-state index is 0.00361. The molecule has 3 amide bonds. The highest BCUT2D eigenvalue weighted by Gasteiger charge is 2.21. The number of fused-ring (bicyclic) bond motifs is 1. The third kappa shape index (κ3) is 5.24. The second-order valence-corrected chi connectivity index (χ2v) is 9.00. The Balaban J connectivity index is 1.36. The Morgan fingerprint density at radius 3 is 2.44 bits per heavy atom. The lowest BCUT2D eigenvalue weighted by molar-refractivity contribution is -0.115. The van der Waals surface area contributed by atoms with Crippen molar-refractivity contribution in [3.63, 3.8) is 0 Å². The number of amides is 3. The summed E-state index contributed by atoms with van der Waals surface area (Å²) in [7, 11) is 2.05. The Hall–Kier alpha value is -3.01. The minimum Gasteiger partial charge on any atom is -0.343 e. The van der Waals surface area contributed by atoms with Crippen LogP contribution >= 0.6 is 22.9 Å². The van der Waals surface area contributed by atoms with Gasteiger partial charge < -0.3 is 20.4 Å². The van der Waals surface area contributed by atoms with Crippen molar-refractivity contribution in [1.82, 2.24) is 20.1 Å².